The Kier molecular flexibility index (Phi) is 4.42. The molecule has 0 fully saturated rings. The molecule has 5 nitrogen and oxygen atoms in total. The summed E-state index contributed by atoms with van der Waals surface area (Å²) in [5.74, 6) is 0.274. The molecule has 0 aliphatic carbocycles. The maximum atomic E-state index is 10.9. The molecule has 0 atom stereocenters. The lowest BCUT2D eigenvalue weighted by Gasteiger charge is -2.08. The molecule has 1 aromatic heterocycles. The van der Waals surface area contributed by atoms with Crippen LogP contribution in [-0.4, -0.2) is 9.91 Å². The normalized spacial score (nSPS) is 10.3. The Labute approximate surface area is 125 Å². The molecular weight excluding hydrogens is 303 g/mol. The van der Waals surface area contributed by atoms with Crippen LogP contribution in [0.3, 0.4) is 0 Å². The van der Waals surface area contributed by atoms with Crippen LogP contribution in [0.15, 0.2) is 30.3 Å². The largest absolute Gasteiger partial charge is 0.434 e. The van der Waals surface area contributed by atoms with Gasteiger partial charge in [-0.05, 0) is 36.2 Å². The molecule has 0 saturated heterocycles. The fourth-order valence-electron chi connectivity index (χ4n) is 1.62. The molecule has 1 aromatic carbocycles. The molecule has 0 N–H and O–H groups in total. The first-order valence-corrected chi connectivity index (χ1v) is 6.54. The van der Waals surface area contributed by atoms with Crippen molar-refractivity contribution < 1.29 is 9.66 Å². The molecule has 0 unspecified atom stereocenters. The van der Waals surface area contributed by atoms with Crippen molar-refractivity contribution in [1.29, 1.82) is 0 Å². The molecule has 0 bridgehead atoms. The number of nitro groups is 1. The smallest absolute Gasteiger partial charge is 0.331 e. The van der Waals surface area contributed by atoms with Gasteiger partial charge in [0.15, 0.2) is 0 Å². The van der Waals surface area contributed by atoms with Gasteiger partial charge in [-0.3, -0.25) is 10.1 Å². The zero-order chi connectivity index (χ0) is 14.7. The van der Waals surface area contributed by atoms with Crippen LogP contribution in [0.1, 0.15) is 12.5 Å². The third kappa shape index (κ3) is 3.18. The number of aromatic nitrogens is 1. The van der Waals surface area contributed by atoms with Gasteiger partial charge in [-0.2, -0.15) is 4.98 Å². The van der Waals surface area contributed by atoms with Crippen molar-refractivity contribution in [1.82, 2.24) is 4.98 Å². The molecule has 0 radical (unpaired) electrons. The van der Waals surface area contributed by atoms with Gasteiger partial charge in [0.25, 0.3) is 0 Å². The summed E-state index contributed by atoms with van der Waals surface area (Å²) in [7, 11) is 0. The van der Waals surface area contributed by atoms with Gasteiger partial charge < -0.3 is 4.74 Å². The molecule has 2 aromatic rings. The molecular formula is C13H10Cl2N2O3. The van der Waals surface area contributed by atoms with Gasteiger partial charge >= 0.3 is 11.6 Å². The second-order valence-corrected chi connectivity index (χ2v) is 4.72. The van der Waals surface area contributed by atoms with Crippen molar-refractivity contribution in [3.63, 3.8) is 0 Å². The summed E-state index contributed by atoms with van der Waals surface area (Å²) >= 11 is 11.7. The molecule has 2 rings (SSSR count). The minimum Gasteiger partial charge on any atom is -0.434 e. The van der Waals surface area contributed by atoms with E-state index in [-0.39, 0.29) is 16.7 Å². The van der Waals surface area contributed by atoms with Gasteiger partial charge in [0.2, 0.25) is 0 Å². The van der Waals surface area contributed by atoms with E-state index >= 15 is 0 Å². The first-order valence-electron chi connectivity index (χ1n) is 5.78. The van der Waals surface area contributed by atoms with E-state index in [9.17, 15) is 10.1 Å². The van der Waals surface area contributed by atoms with Gasteiger partial charge in [-0.1, -0.05) is 30.1 Å². The van der Waals surface area contributed by atoms with Gasteiger partial charge in [0, 0.05) is 11.1 Å². The maximum absolute atomic E-state index is 10.9. The molecule has 0 spiro atoms. The van der Waals surface area contributed by atoms with E-state index in [4.69, 9.17) is 27.9 Å². The Bertz CT molecular complexity index is 662. The van der Waals surface area contributed by atoms with Gasteiger partial charge in [-0.25, -0.2) is 0 Å². The summed E-state index contributed by atoms with van der Waals surface area (Å²) in [6, 6.07) is 7.60. The molecule has 1 heterocycles. The number of ether oxygens (including phenoxy) is 1. The van der Waals surface area contributed by atoms with Crippen molar-refractivity contribution in [2.75, 3.05) is 0 Å². The van der Waals surface area contributed by atoms with E-state index in [1.165, 1.54) is 12.1 Å². The van der Waals surface area contributed by atoms with Gasteiger partial charge in [-0.15, -0.1) is 0 Å². The predicted octanol–water partition coefficient (Wildman–Crippen LogP) is 4.65. The average molecular weight is 313 g/mol. The lowest BCUT2D eigenvalue weighted by Crippen LogP contribution is -1.96. The minimum absolute atomic E-state index is 0.121. The lowest BCUT2D eigenvalue weighted by molar-refractivity contribution is -0.386. The van der Waals surface area contributed by atoms with E-state index in [2.05, 4.69) is 4.98 Å². The molecule has 104 valence electrons. The number of halogens is 2. The zero-order valence-corrected chi connectivity index (χ0v) is 12.0. The summed E-state index contributed by atoms with van der Waals surface area (Å²) in [6.45, 7) is 1.95. The zero-order valence-electron chi connectivity index (χ0n) is 10.5. The van der Waals surface area contributed by atoms with Crippen molar-refractivity contribution >= 4 is 28.9 Å². The van der Waals surface area contributed by atoms with Crippen molar-refractivity contribution in [2.24, 2.45) is 0 Å². The Morgan fingerprint density at radius 2 is 2.05 bits per heavy atom. The SMILES string of the molecule is CCc1cc(Oc2nc(Cl)ccc2[N+](=O)[O-])ccc1Cl. The topological polar surface area (TPSA) is 65.3 Å². The third-order valence-corrected chi connectivity index (χ3v) is 3.19. The molecule has 0 amide bonds. The monoisotopic (exact) mass is 312 g/mol. The highest BCUT2D eigenvalue weighted by atomic mass is 35.5. The maximum Gasteiger partial charge on any atom is 0.331 e. The van der Waals surface area contributed by atoms with E-state index < -0.39 is 4.92 Å². The van der Waals surface area contributed by atoms with Gasteiger partial charge in [0.05, 0.1) is 4.92 Å². The Morgan fingerprint density at radius 1 is 1.30 bits per heavy atom. The highest BCUT2D eigenvalue weighted by Crippen LogP contribution is 2.32. The first kappa shape index (κ1) is 14.6. The summed E-state index contributed by atoms with van der Waals surface area (Å²) in [4.78, 5) is 14.2. The number of pyridine rings is 1. The van der Waals surface area contributed by atoms with Crippen LogP contribution in [0, 0.1) is 10.1 Å². The molecule has 0 aliphatic heterocycles. The fourth-order valence-corrected chi connectivity index (χ4v) is 2.01. The Balaban J connectivity index is 2.39. The van der Waals surface area contributed by atoms with Crippen LogP contribution < -0.4 is 4.74 Å². The van der Waals surface area contributed by atoms with Gasteiger partial charge in [0.1, 0.15) is 10.9 Å². The molecule has 0 saturated carbocycles. The Hall–Kier alpha value is -1.85. The number of rotatable bonds is 4. The van der Waals surface area contributed by atoms with E-state index in [1.54, 1.807) is 18.2 Å². The molecule has 20 heavy (non-hydrogen) atoms. The van der Waals surface area contributed by atoms with Crippen LogP contribution in [0.4, 0.5) is 5.69 Å². The number of hydrogen-bond acceptors (Lipinski definition) is 4. The first-order chi connectivity index (χ1) is 9.51. The average Bonchev–Trinajstić information content (AvgIpc) is 2.40. The number of hydrogen-bond donors (Lipinski definition) is 0. The summed E-state index contributed by atoms with van der Waals surface area (Å²) in [5.41, 5.74) is 0.635. The second kappa shape index (κ2) is 6.07. The highest BCUT2D eigenvalue weighted by Gasteiger charge is 2.18. The summed E-state index contributed by atoms with van der Waals surface area (Å²) in [6.07, 6.45) is 0.723. The van der Waals surface area contributed by atoms with E-state index in [0.717, 1.165) is 12.0 Å². The van der Waals surface area contributed by atoms with Crippen LogP contribution in [0.5, 0.6) is 11.6 Å². The van der Waals surface area contributed by atoms with Crippen molar-refractivity contribution in [3.8, 4) is 11.6 Å². The standard InChI is InChI=1S/C13H10Cl2N2O3/c1-2-8-7-9(3-4-10(8)14)20-13-11(17(18)19)5-6-12(15)16-13/h3-7H,2H2,1H3. The molecule has 0 aliphatic rings. The predicted molar refractivity (Wildman–Crippen MR) is 76.8 cm³/mol. The third-order valence-electron chi connectivity index (χ3n) is 2.62. The molecule has 7 heteroatoms. The van der Waals surface area contributed by atoms with Crippen molar-refractivity contribution in [2.45, 2.75) is 13.3 Å². The van der Waals surface area contributed by atoms with Crippen LogP contribution >= 0.6 is 23.2 Å². The second-order valence-electron chi connectivity index (χ2n) is 3.92. The lowest BCUT2D eigenvalue weighted by atomic mass is 10.1. The number of benzene rings is 1. The fraction of sp³-hybridized carbons (Fsp3) is 0.154. The number of nitrogens with zero attached hydrogens (tertiary/aromatic N) is 2. The van der Waals surface area contributed by atoms with Crippen LogP contribution in [-0.2, 0) is 6.42 Å². The van der Waals surface area contributed by atoms with E-state index in [1.807, 2.05) is 6.92 Å². The van der Waals surface area contributed by atoms with Crippen molar-refractivity contribution in [3.05, 3.63) is 56.2 Å². The van der Waals surface area contributed by atoms with Crippen LogP contribution in [0.25, 0.3) is 0 Å². The summed E-state index contributed by atoms with van der Waals surface area (Å²) in [5, 5.41) is 11.7. The summed E-state index contributed by atoms with van der Waals surface area (Å²) < 4.78 is 5.45. The van der Waals surface area contributed by atoms with E-state index in [0.29, 0.717) is 10.8 Å². The minimum atomic E-state index is -0.574. The number of aryl methyl sites for hydroxylation is 1. The Morgan fingerprint density at radius 3 is 2.70 bits per heavy atom. The van der Waals surface area contributed by atoms with Crippen LogP contribution in [0.2, 0.25) is 10.2 Å². The highest BCUT2D eigenvalue weighted by molar-refractivity contribution is 6.31. The quantitative estimate of drug-likeness (QED) is 0.468.